The molecule has 4 nitrogen and oxygen atoms in total. The zero-order chi connectivity index (χ0) is 15.8. The Morgan fingerprint density at radius 2 is 1.91 bits per heavy atom. The summed E-state index contributed by atoms with van der Waals surface area (Å²) >= 11 is 0. The van der Waals surface area contributed by atoms with E-state index in [0.717, 1.165) is 23.5 Å². The van der Waals surface area contributed by atoms with Gasteiger partial charge in [-0.2, -0.15) is 0 Å². The van der Waals surface area contributed by atoms with Crippen LogP contribution in [0.25, 0.3) is 0 Å². The van der Waals surface area contributed by atoms with Crippen molar-refractivity contribution >= 4 is 11.4 Å². The number of aryl methyl sites for hydroxylation is 2. The monoisotopic (exact) mass is 300 g/mol. The predicted molar refractivity (Wildman–Crippen MR) is 89.6 cm³/mol. The van der Waals surface area contributed by atoms with Crippen LogP contribution in [0, 0.1) is 6.92 Å². The first kappa shape index (κ1) is 16.5. The van der Waals surface area contributed by atoms with E-state index in [4.69, 9.17) is 9.47 Å². The van der Waals surface area contributed by atoms with E-state index in [1.165, 1.54) is 11.1 Å². The number of anilines is 2. The van der Waals surface area contributed by atoms with Crippen LogP contribution >= 0.6 is 0 Å². The highest BCUT2D eigenvalue weighted by Crippen LogP contribution is 2.20. The van der Waals surface area contributed by atoms with Gasteiger partial charge < -0.3 is 14.8 Å². The number of benzene rings is 1. The van der Waals surface area contributed by atoms with Gasteiger partial charge in [0.15, 0.2) is 0 Å². The minimum Gasteiger partial charge on any atom is -0.382 e. The van der Waals surface area contributed by atoms with Crippen LogP contribution in [0.15, 0.2) is 36.5 Å². The highest BCUT2D eigenvalue weighted by molar-refractivity contribution is 5.61. The second-order valence-corrected chi connectivity index (χ2v) is 5.20. The molecule has 2 rings (SSSR count). The van der Waals surface area contributed by atoms with Crippen LogP contribution in [0.1, 0.15) is 23.7 Å². The summed E-state index contributed by atoms with van der Waals surface area (Å²) in [5, 5.41) is 3.43. The van der Waals surface area contributed by atoms with E-state index >= 15 is 0 Å². The number of ether oxygens (including phenoxy) is 2. The van der Waals surface area contributed by atoms with Crippen LogP contribution in [0.5, 0.6) is 0 Å². The van der Waals surface area contributed by atoms with Gasteiger partial charge >= 0.3 is 0 Å². The van der Waals surface area contributed by atoms with Crippen molar-refractivity contribution in [3.05, 3.63) is 53.3 Å². The fraction of sp³-hybridized carbons (Fsp3) is 0.389. The number of nitrogens with zero attached hydrogens (tertiary/aromatic N) is 1. The van der Waals surface area contributed by atoms with Crippen LogP contribution in [0.4, 0.5) is 11.4 Å². The molecular formula is C18H24N2O2. The lowest BCUT2D eigenvalue weighted by atomic mass is 10.1. The molecule has 0 atom stereocenters. The summed E-state index contributed by atoms with van der Waals surface area (Å²) in [6.07, 6.45) is 2.84. The third kappa shape index (κ3) is 4.83. The molecule has 1 heterocycles. The summed E-state index contributed by atoms with van der Waals surface area (Å²) < 4.78 is 10.5. The van der Waals surface area contributed by atoms with Gasteiger partial charge in [-0.05, 0) is 48.7 Å². The predicted octanol–water partition coefficient (Wildman–Crippen LogP) is 3.86. The van der Waals surface area contributed by atoms with Crippen molar-refractivity contribution in [3.8, 4) is 0 Å². The lowest BCUT2D eigenvalue weighted by molar-refractivity contribution is 0.0602. The van der Waals surface area contributed by atoms with Gasteiger partial charge in [-0.3, -0.25) is 4.98 Å². The maximum absolute atomic E-state index is 5.50. The van der Waals surface area contributed by atoms with Crippen molar-refractivity contribution in [1.82, 2.24) is 4.98 Å². The van der Waals surface area contributed by atoms with Gasteiger partial charge in [0.1, 0.15) is 0 Å². The molecule has 0 unspecified atom stereocenters. The average Bonchev–Trinajstić information content (AvgIpc) is 2.54. The van der Waals surface area contributed by atoms with Gasteiger partial charge in [-0.1, -0.05) is 13.0 Å². The fourth-order valence-corrected chi connectivity index (χ4v) is 2.25. The zero-order valence-electron chi connectivity index (χ0n) is 13.6. The largest absolute Gasteiger partial charge is 0.382 e. The molecule has 0 fully saturated rings. The Morgan fingerprint density at radius 3 is 2.68 bits per heavy atom. The summed E-state index contributed by atoms with van der Waals surface area (Å²) in [5.41, 5.74) is 5.72. The van der Waals surface area contributed by atoms with Gasteiger partial charge in [-0.15, -0.1) is 0 Å². The van der Waals surface area contributed by atoms with Crippen molar-refractivity contribution < 1.29 is 9.47 Å². The molecule has 1 aromatic heterocycles. The molecule has 0 aliphatic carbocycles. The number of methoxy groups -OCH3 is 1. The number of hydrogen-bond acceptors (Lipinski definition) is 4. The smallest absolute Gasteiger partial charge is 0.0889 e. The summed E-state index contributed by atoms with van der Waals surface area (Å²) in [5.74, 6) is 0. The van der Waals surface area contributed by atoms with E-state index in [2.05, 4.69) is 42.3 Å². The Morgan fingerprint density at radius 1 is 1.09 bits per heavy atom. The van der Waals surface area contributed by atoms with E-state index in [1.807, 2.05) is 12.1 Å². The number of aromatic nitrogens is 1. The highest BCUT2D eigenvalue weighted by Gasteiger charge is 2.01. The summed E-state index contributed by atoms with van der Waals surface area (Å²) in [6.45, 7) is 5.99. The number of rotatable bonds is 8. The normalized spacial score (nSPS) is 10.7. The summed E-state index contributed by atoms with van der Waals surface area (Å²) in [6, 6.07) is 10.4. The van der Waals surface area contributed by atoms with Crippen molar-refractivity contribution in [2.75, 3.05) is 25.6 Å². The van der Waals surface area contributed by atoms with E-state index in [1.54, 1.807) is 13.3 Å². The van der Waals surface area contributed by atoms with Gasteiger partial charge in [0, 0.05) is 24.7 Å². The van der Waals surface area contributed by atoms with Gasteiger partial charge in [0.25, 0.3) is 0 Å². The SMILES string of the molecule is CCc1cc(Nc2ccnc(COCCOC)c2)ccc1C. The third-order valence-electron chi connectivity index (χ3n) is 3.52. The minimum absolute atomic E-state index is 0.493. The second kappa shape index (κ2) is 8.51. The molecule has 0 saturated carbocycles. The lowest BCUT2D eigenvalue weighted by Crippen LogP contribution is -2.03. The number of hydrogen-bond donors (Lipinski definition) is 1. The molecule has 1 aromatic carbocycles. The van der Waals surface area contributed by atoms with Crippen molar-refractivity contribution in [3.63, 3.8) is 0 Å². The zero-order valence-corrected chi connectivity index (χ0v) is 13.6. The molecule has 0 amide bonds. The molecule has 1 N–H and O–H groups in total. The molecule has 118 valence electrons. The first-order valence-corrected chi connectivity index (χ1v) is 7.61. The number of nitrogens with one attached hydrogen (secondary N) is 1. The first-order valence-electron chi connectivity index (χ1n) is 7.61. The van der Waals surface area contributed by atoms with E-state index in [-0.39, 0.29) is 0 Å². The van der Waals surface area contributed by atoms with E-state index in [9.17, 15) is 0 Å². The minimum atomic E-state index is 0.493. The van der Waals surface area contributed by atoms with Crippen molar-refractivity contribution in [2.45, 2.75) is 26.9 Å². The Bertz CT molecular complexity index is 599. The van der Waals surface area contributed by atoms with E-state index < -0.39 is 0 Å². The Hall–Kier alpha value is -1.91. The number of pyridine rings is 1. The molecule has 22 heavy (non-hydrogen) atoms. The molecule has 0 radical (unpaired) electrons. The van der Waals surface area contributed by atoms with Crippen LogP contribution in [-0.2, 0) is 22.5 Å². The topological polar surface area (TPSA) is 43.4 Å². The summed E-state index contributed by atoms with van der Waals surface area (Å²) in [4.78, 5) is 4.32. The molecule has 0 spiro atoms. The van der Waals surface area contributed by atoms with Gasteiger partial charge in [0.2, 0.25) is 0 Å². The van der Waals surface area contributed by atoms with Crippen LogP contribution in [0.2, 0.25) is 0 Å². The van der Waals surface area contributed by atoms with Crippen molar-refractivity contribution in [2.24, 2.45) is 0 Å². The van der Waals surface area contributed by atoms with E-state index in [0.29, 0.717) is 19.8 Å². The van der Waals surface area contributed by atoms with Crippen LogP contribution in [-0.4, -0.2) is 25.3 Å². The third-order valence-corrected chi connectivity index (χ3v) is 3.52. The molecule has 4 heteroatoms. The highest BCUT2D eigenvalue weighted by atomic mass is 16.5. The van der Waals surface area contributed by atoms with Gasteiger partial charge in [-0.25, -0.2) is 0 Å². The molecule has 2 aromatic rings. The average molecular weight is 300 g/mol. The molecule has 0 aliphatic rings. The molecular weight excluding hydrogens is 276 g/mol. The maximum atomic E-state index is 5.50. The molecule has 0 aliphatic heterocycles. The fourth-order valence-electron chi connectivity index (χ4n) is 2.25. The first-order chi connectivity index (χ1) is 10.7. The second-order valence-electron chi connectivity index (χ2n) is 5.20. The summed E-state index contributed by atoms with van der Waals surface area (Å²) in [7, 11) is 1.66. The maximum Gasteiger partial charge on any atom is 0.0889 e. The molecule has 0 saturated heterocycles. The lowest BCUT2D eigenvalue weighted by Gasteiger charge is -2.11. The quantitative estimate of drug-likeness (QED) is 0.752. The van der Waals surface area contributed by atoms with Gasteiger partial charge in [0.05, 0.1) is 25.5 Å². The Labute approximate surface area is 132 Å². The Kier molecular flexibility index (Phi) is 6.37. The standard InChI is InChI=1S/C18H24N2O2/c1-4-15-11-16(6-5-14(15)2)20-17-7-8-19-18(12-17)13-22-10-9-21-3/h5-8,11-12H,4,9-10,13H2,1-3H3,(H,19,20). The van der Waals surface area contributed by atoms with Crippen LogP contribution < -0.4 is 5.32 Å². The van der Waals surface area contributed by atoms with Crippen molar-refractivity contribution in [1.29, 1.82) is 0 Å². The van der Waals surface area contributed by atoms with Crippen LogP contribution in [0.3, 0.4) is 0 Å². The molecule has 0 bridgehead atoms. The Balaban J connectivity index is 2.00.